The number of nitrogens with two attached hydrogens (primary N) is 1. The van der Waals surface area contributed by atoms with Crippen molar-refractivity contribution >= 4 is 56.0 Å². The number of primary amides is 1. The molecule has 0 radical (unpaired) electrons. The van der Waals surface area contributed by atoms with Crippen LogP contribution >= 0.6 is 38.5 Å². The quantitative estimate of drug-likeness (QED) is 0.658. The first kappa shape index (κ1) is 16.8. The average molecular weight is 481 g/mol. The van der Waals surface area contributed by atoms with Gasteiger partial charge in [0.1, 0.15) is 11.6 Å². The van der Waals surface area contributed by atoms with Gasteiger partial charge in [-0.1, -0.05) is 15.9 Å². The number of benzene rings is 2. The van der Waals surface area contributed by atoms with Crippen LogP contribution in [-0.4, -0.2) is 11.8 Å². The van der Waals surface area contributed by atoms with Crippen molar-refractivity contribution in [1.82, 2.24) is 0 Å². The van der Waals surface area contributed by atoms with Gasteiger partial charge in [-0.2, -0.15) is 0 Å². The van der Waals surface area contributed by atoms with Gasteiger partial charge in [-0.25, -0.2) is 8.78 Å². The maximum Gasteiger partial charge on any atom is 0.256 e. The molecule has 0 atom stereocenters. The lowest BCUT2D eigenvalue weighted by atomic mass is 10.1. The van der Waals surface area contributed by atoms with E-state index < -0.39 is 29.0 Å². The van der Waals surface area contributed by atoms with Crippen molar-refractivity contribution in [3.63, 3.8) is 0 Å². The van der Waals surface area contributed by atoms with Gasteiger partial charge in [0.25, 0.3) is 11.8 Å². The van der Waals surface area contributed by atoms with E-state index in [1.165, 1.54) is 0 Å². The third-order valence-electron chi connectivity index (χ3n) is 2.74. The Hall–Kier alpha value is -1.55. The van der Waals surface area contributed by atoms with E-state index in [9.17, 15) is 18.4 Å². The summed E-state index contributed by atoms with van der Waals surface area (Å²) in [5.41, 5.74) is 4.48. The van der Waals surface area contributed by atoms with Crippen molar-refractivity contribution < 1.29 is 18.4 Å². The van der Waals surface area contributed by atoms with E-state index in [2.05, 4.69) is 21.2 Å². The van der Waals surface area contributed by atoms with Crippen LogP contribution in [-0.2, 0) is 0 Å². The monoisotopic (exact) mass is 480 g/mol. The molecule has 0 aliphatic rings. The number of carbonyl (C=O) groups is 2. The number of amides is 2. The largest absolute Gasteiger partial charge is 0.366 e. The van der Waals surface area contributed by atoms with E-state index in [0.717, 1.165) is 6.07 Å². The first-order valence-electron chi connectivity index (χ1n) is 5.85. The van der Waals surface area contributed by atoms with Crippen molar-refractivity contribution in [2.45, 2.75) is 0 Å². The summed E-state index contributed by atoms with van der Waals surface area (Å²) in [7, 11) is 0. The van der Waals surface area contributed by atoms with Crippen LogP contribution in [0.25, 0.3) is 0 Å². The predicted octanol–water partition coefficient (Wildman–Crippen LogP) is 3.68. The zero-order valence-electron chi connectivity index (χ0n) is 10.8. The zero-order chi connectivity index (χ0) is 16.4. The van der Waals surface area contributed by atoms with Crippen LogP contribution in [0.15, 0.2) is 34.8 Å². The van der Waals surface area contributed by atoms with Crippen LogP contribution in [0.1, 0.15) is 20.7 Å². The van der Waals surface area contributed by atoms with Gasteiger partial charge in [-0.15, -0.1) is 0 Å². The van der Waals surface area contributed by atoms with Crippen LogP contribution in [0, 0.1) is 15.2 Å². The van der Waals surface area contributed by atoms with Gasteiger partial charge in [0, 0.05) is 14.1 Å². The number of hydrogen-bond donors (Lipinski definition) is 2. The van der Waals surface area contributed by atoms with Gasteiger partial charge in [0.15, 0.2) is 0 Å². The molecule has 3 N–H and O–H groups in total. The van der Waals surface area contributed by atoms with Gasteiger partial charge >= 0.3 is 0 Å². The lowest BCUT2D eigenvalue weighted by Crippen LogP contribution is -2.18. The highest BCUT2D eigenvalue weighted by Crippen LogP contribution is 2.23. The smallest absolute Gasteiger partial charge is 0.256 e. The molecule has 114 valence electrons. The van der Waals surface area contributed by atoms with Crippen LogP contribution in [0.3, 0.4) is 0 Å². The molecule has 0 saturated heterocycles. The second-order valence-electron chi connectivity index (χ2n) is 4.25. The van der Waals surface area contributed by atoms with Crippen LogP contribution in [0.4, 0.5) is 14.5 Å². The summed E-state index contributed by atoms with van der Waals surface area (Å²) in [5.74, 6) is -3.72. The lowest BCUT2D eigenvalue weighted by Gasteiger charge is -2.10. The van der Waals surface area contributed by atoms with E-state index in [0.29, 0.717) is 19.7 Å². The van der Waals surface area contributed by atoms with Crippen LogP contribution in [0.2, 0.25) is 0 Å². The molecule has 0 fully saturated rings. The molecule has 0 aromatic heterocycles. The molecule has 8 heteroatoms. The Bertz CT molecular complexity index is 784. The Morgan fingerprint density at radius 2 is 1.77 bits per heavy atom. The highest BCUT2D eigenvalue weighted by atomic mass is 127. The fourth-order valence-corrected chi connectivity index (χ4v) is 2.64. The SMILES string of the molecule is NC(=O)c1cc(NC(=O)c2cc(Br)ccc2I)c(F)cc1F. The van der Waals surface area contributed by atoms with Gasteiger partial charge in [-0.05, 0) is 46.9 Å². The van der Waals surface area contributed by atoms with E-state index in [1.807, 2.05) is 22.6 Å². The zero-order valence-corrected chi connectivity index (χ0v) is 14.5. The van der Waals surface area contributed by atoms with E-state index in [4.69, 9.17) is 5.73 Å². The number of rotatable bonds is 3. The topological polar surface area (TPSA) is 72.2 Å². The molecule has 2 rings (SSSR count). The Morgan fingerprint density at radius 3 is 2.41 bits per heavy atom. The predicted molar refractivity (Wildman–Crippen MR) is 89.7 cm³/mol. The highest BCUT2D eigenvalue weighted by Gasteiger charge is 2.17. The minimum Gasteiger partial charge on any atom is -0.366 e. The molecular formula is C14H8BrF2IN2O2. The minimum absolute atomic E-state index is 0.305. The third kappa shape index (κ3) is 3.61. The number of anilines is 1. The Kier molecular flexibility index (Phi) is 5.12. The molecule has 0 unspecified atom stereocenters. The van der Waals surface area contributed by atoms with Crippen molar-refractivity contribution in [3.8, 4) is 0 Å². The molecule has 0 bridgehead atoms. The molecule has 2 amide bonds. The van der Waals surface area contributed by atoms with Crippen LogP contribution in [0.5, 0.6) is 0 Å². The normalized spacial score (nSPS) is 10.4. The average Bonchev–Trinajstić information content (AvgIpc) is 2.43. The molecule has 0 saturated carbocycles. The fourth-order valence-electron chi connectivity index (χ4n) is 1.69. The number of nitrogens with one attached hydrogen (secondary N) is 1. The molecule has 0 heterocycles. The maximum absolute atomic E-state index is 13.7. The van der Waals surface area contributed by atoms with E-state index >= 15 is 0 Å². The standard InChI is InChI=1S/C14H8BrF2IN2O2/c15-6-1-2-11(18)8(3-6)14(22)20-12-4-7(13(19)21)9(16)5-10(12)17/h1-5H,(H2,19,21)(H,20,22). The summed E-state index contributed by atoms with van der Waals surface area (Å²) in [6.07, 6.45) is 0. The van der Waals surface area contributed by atoms with Crippen LogP contribution < -0.4 is 11.1 Å². The Balaban J connectivity index is 2.38. The molecule has 2 aromatic rings. The molecule has 0 aliphatic heterocycles. The third-order valence-corrected chi connectivity index (χ3v) is 4.18. The summed E-state index contributed by atoms with van der Waals surface area (Å²) in [5, 5.41) is 2.30. The van der Waals surface area contributed by atoms with Crippen molar-refractivity contribution in [2.24, 2.45) is 5.73 Å². The number of halogens is 4. The van der Waals surface area contributed by atoms with E-state index in [-0.39, 0.29) is 5.69 Å². The van der Waals surface area contributed by atoms with Gasteiger partial charge in [0.05, 0.1) is 16.8 Å². The summed E-state index contributed by atoms with van der Waals surface area (Å²) in [4.78, 5) is 23.3. The lowest BCUT2D eigenvalue weighted by molar-refractivity contribution is 0.0992. The summed E-state index contributed by atoms with van der Waals surface area (Å²) < 4.78 is 28.5. The van der Waals surface area contributed by atoms with Gasteiger partial charge < -0.3 is 11.1 Å². The first-order chi connectivity index (χ1) is 10.3. The summed E-state index contributed by atoms with van der Waals surface area (Å²) >= 11 is 5.19. The van der Waals surface area contributed by atoms with E-state index in [1.54, 1.807) is 18.2 Å². The molecule has 0 aliphatic carbocycles. The summed E-state index contributed by atoms with van der Waals surface area (Å²) in [6, 6.07) is 6.39. The van der Waals surface area contributed by atoms with Crippen molar-refractivity contribution in [2.75, 3.05) is 5.32 Å². The van der Waals surface area contributed by atoms with Crippen molar-refractivity contribution in [3.05, 3.63) is 61.1 Å². The van der Waals surface area contributed by atoms with Gasteiger partial charge in [0.2, 0.25) is 0 Å². The molecule has 4 nitrogen and oxygen atoms in total. The second kappa shape index (κ2) is 6.69. The number of carbonyl (C=O) groups excluding carboxylic acids is 2. The van der Waals surface area contributed by atoms with Crippen molar-refractivity contribution in [1.29, 1.82) is 0 Å². The molecule has 0 spiro atoms. The maximum atomic E-state index is 13.7. The molecule has 22 heavy (non-hydrogen) atoms. The number of hydrogen-bond acceptors (Lipinski definition) is 2. The molecular weight excluding hydrogens is 473 g/mol. The Labute approximate surface area is 146 Å². The Morgan fingerprint density at radius 1 is 1.09 bits per heavy atom. The first-order valence-corrected chi connectivity index (χ1v) is 7.72. The second-order valence-corrected chi connectivity index (χ2v) is 6.33. The van der Waals surface area contributed by atoms with Gasteiger partial charge in [-0.3, -0.25) is 9.59 Å². The summed E-state index contributed by atoms with van der Waals surface area (Å²) in [6.45, 7) is 0. The molecule has 2 aromatic carbocycles. The highest BCUT2D eigenvalue weighted by molar-refractivity contribution is 14.1. The fraction of sp³-hybridized carbons (Fsp3) is 0. The minimum atomic E-state index is -1.08.